The van der Waals surface area contributed by atoms with Crippen molar-refractivity contribution in [2.75, 3.05) is 31.1 Å². The molecule has 3 heterocycles. The number of para-hydroxylation sites is 1. The summed E-state index contributed by atoms with van der Waals surface area (Å²) < 4.78 is 2.01. The van der Waals surface area contributed by atoms with E-state index in [1.165, 1.54) is 24.1 Å². The van der Waals surface area contributed by atoms with Gasteiger partial charge < -0.3 is 9.88 Å². The van der Waals surface area contributed by atoms with E-state index in [4.69, 9.17) is 0 Å². The number of benzene rings is 2. The normalized spacial score (nSPS) is 18.2. The Morgan fingerprint density at radius 3 is 2.53 bits per heavy atom. The molecule has 2 aromatic heterocycles. The number of aromatic amines is 1. The maximum absolute atomic E-state index is 13.5. The largest absolute Gasteiger partial charge is 0.369 e. The van der Waals surface area contributed by atoms with Crippen molar-refractivity contribution in [2.45, 2.75) is 51.1 Å². The zero-order chi connectivity index (χ0) is 24.5. The summed E-state index contributed by atoms with van der Waals surface area (Å²) in [6.07, 6.45) is 5.51. The zero-order valence-corrected chi connectivity index (χ0v) is 20.8. The zero-order valence-electron chi connectivity index (χ0n) is 20.8. The van der Waals surface area contributed by atoms with Crippen molar-refractivity contribution in [3.8, 4) is 0 Å². The summed E-state index contributed by atoms with van der Waals surface area (Å²) in [5, 5.41) is 14.1. The van der Waals surface area contributed by atoms with Crippen LogP contribution in [0.4, 0.5) is 5.69 Å². The van der Waals surface area contributed by atoms with E-state index in [0.29, 0.717) is 6.04 Å². The quantitative estimate of drug-likeness (QED) is 0.445. The lowest BCUT2D eigenvalue weighted by molar-refractivity contribution is 0.197. The number of H-pyrrole nitrogens is 1. The average molecular weight is 484 g/mol. The summed E-state index contributed by atoms with van der Waals surface area (Å²) >= 11 is 0. The van der Waals surface area contributed by atoms with Crippen LogP contribution in [-0.2, 0) is 6.42 Å². The number of nitrogens with zero attached hydrogens (tertiary/aromatic N) is 6. The van der Waals surface area contributed by atoms with Gasteiger partial charge in [-0.25, -0.2) is 4.68 Å². The highest BCUT2D eigenvalue weighted by Gasteiger charge is 2.34. The van der Waals surface area contributed by atoms with Crippen LogP contribution in [0.2, 0.25) is 0 Å². The molecule has 4 aromatic rings. The number of hydrogen-bond donors (Lipinski definition) is 1. The van der Waals surface area contributed by atoms with Gasteiger partial charge >= 0.3 is 0 Å². The van der Waals surface area contributed by atoms with Crippen molar-refractivity contribution >= 4 is 16.6 Å². The Kier molecular flexibility index (Phi) is 6.27. The third-order valence-electron chi connectivity index (χ3n) is 7.87. The standard InChI is InChI=1S/C28H33N7O/c1-2-20-12-13-25-21(18-20)19-24(28(36)29-25)26(27-30-31-32-35(27)23-10-6-7-11-23)34-16-14-33(15-17-34)22-8-4-3-5-9-22/h3-5,8-9,12-13,18-19,23,26H,2,6-7,10-11,14-17H2,1H3,(H,29,36)/t26-/m0/s1. The Labute approximate surface area is 210 Å². The minimum Gasteiger partial charge on any atom is -0.369 e. The smallest absolute Gasteiger partial charge is 0.253 e. The highest BCUT2D eigenvalue weighted by molar-refractivity contribution is 5.80. The number of hydrogen-bond acceptors (Lipinski definition) is 6. The van der Waals surface area contributed by atoms with Gasteiger partial charge in [-0.2, -0.15) is 0 Å². The minimum absolute atomic E-state index is 0.0665. The van der Waals surface area contributed by atoms with Crippen LogP contribution in [0.15, 0.2) is 59.4 Å². The molecule has 1 aliphatic carbocycles. The first-order chi connectivity index (χ1) is 17.7. The first-order valence-corrected chi connectivity index (χ1v) is 13.2. The fourth-order valence-electron chi connectivity index (χ4n) is 5.86. The summed E-state index contributed by atoms with van der Waals surface area (Å²) in [5.74, 6) is 0.784. The van der Waals surface area contributed by atoms with Crippen LogP contribution in [0.5, 0.6) is 0 Å². The van der Waals surface area contributed by atoms with Crippen molar-refractivity contribution in [3.05, 3.63) is 81.9 Å². The number of rotatable bonds is 6. The second kappa shape index (κ2) is 9.85. The molecule has 2 aliphatic rings. The highest BCUT2D eigenvalue weighted by atomic mass is 16.1. The van der Waals surface area contributed by atoms with Crippen LogP contribution in [0.25, 0.3) is 10.9 Å². The second-order valence-corrected chi connectivity index (χ2v) is 10.0. The van der Waals surface area contributed by atoms with E-state index >= 15 is 0 Å². The summed E-state index contributed by atoms with van der Waals surface area (Å²) in [4.78, 5) is 21.5. The van der Waals surface area contributed by atoms with Crippen molar-refractivity contribution in [2.24, 2.45) is 0 Å². The highest BCUT2D eigenvalue weighted by Crippen LogP contribution is 2.34. The van der Waals surface area contributed by atoms with E-state index < -0.39 is 0 Å². The van der Waals surface area contributed by atoms with Crippen LogP contribution in [0.1, 0.15) is 61.6 Å². The average Bonchev–Trinajstić information content (AvgIpc) is 3.62. The predicted molar refractivity (Wildman–Crippen MR) is 141 cm³/mol. The maximum atomic E-state index is 13.5. The lowest BCUT2D eigenvalue weighted by Gasteiger charge is -2.39. The third-order valence-corrected chi connectivity index (χ3v) is 7.87. The molecule has 2 fully saturated rings. The van der Waals surface area contributed by atoms with Gasteiger partial charge in [-0.05, 0) is 71.0 Å². The number of anilines is 1. The Hall–Kier alpha value is -3.52. The third kappa shape index (κ3) is 4.30. The number of fused-ring (bicyclic) bond motifs is 1. The van der Waals surface area contributed by atoms with Gasteiger partial charge in [-0.1, -0.05) is 44.0 Å². The molecular weight excluding hydrogens is 450 g/mol. The van der Waals surface area contributed by atoms with Gasteiger partial charge in [0.2, 0.25) is 0 Å². The van der Waals surface area contributed by atoms with Gasteiger partial charge in [0.05, 0.1) is 6.04 Å². The fraction of sp³-hybridized carbons (Fsp3) is 0.429. The van der Waals surface area contributed by atoms with Gasteiger partial charge in [-0.15, -0.1) is 5.10 Å². The predicted octanol–water partition coefficient (Wildman–Crippen LogP) is 4.10. The van der Waals surface area contributed by atoms with Gasteiger partial charge in [0.1, 0.15) is 6.04 Å². The molecule has 1 N–H and O–H groups in total. The van der Waals surface area contributed by atoms with Crippen LogP contribution in [-0.4, -0.2) is 56.3 Å². The van der Waals surface area contributed by atoms with E-state index in [1.54, 1.807) is 0 Å². The molecule has 36 heavy (non-hydrogen) atoms. The number of aryl methyl sites for hydroxylation is 1. The molecule has 6 rings (SSSR count). The minimum atomic E-state index is -0.294. The van der Waals surface area contributed by atoms with E-state index in [1.807, 2.05) is 10.7 Å². The molecule has 1 aliphatic heterocycles. The molecule has 0 amide bonds. The van der Waals surface area contributed by atoms with Crippen molar-refractivity contribution < 1.29 is 0 Å². The van der Waals surface area contributed by atoms with Crippen LogP contribution >= 0.6 is 0 Å². The van der Waals surface area contributed by atoms with E-state index in [9.17, 15) is 4.79 Å². The van der Waals surface area contributed by atoms with Crippen LogP contribution in [0, 0.1) is 0 Å². The molecule has 0 spiro atoms. The van der Waals surface area contributed by atoms with E-state index in [2.05, 4.69) is 85.8 Å². The molecule has 1 saturated heterocycles. The molecule has 2 aromatic carbocycles. The van der Waals surface area contributed by atoms with E-state index in [-0.39, 0.29) is 11.6 Å². The summed E-state index contributed by atoms with van der Waals surface area (Å²) in [6, 6.07) is 18.9. The van der Waals surface area contributed by atoms with Gasteiger partial charge in [0.15, 0.2) is 5.82 Å². The van der Waals surface area contributed by atoms with E-state index in [0.717, 1.165) is 67.7 Å². The summed E-state index contributed by atoms with van der Waals surface area (Å²) in [6.45, 7) is 5.57. The van der Waals surface area contributed by atoms with Gasteiger partial charge in [-0.3, -0.25) is 9.69 Å². The topological polar surface area (TPSA) is 82.9 Å². The number of tetrazole rings is 1. The Balaban J connectivity index is 1.40. The van der Waals surface area contributed by atoms with Crippen molar-refractivity contribution in [1.82, 2.24) is 30.1 Å². The summed E-state index contributed by atoms with van der Waals surface area (Å²) in [7, 11) is 0. The first kappa shape index (κ1) is 22.9. The van der Waals surface area contributed by atoms with Crippen molar-refractivity contribution in [1.29, 1.82) is 0 Å². The molecule has 8 heteroatoms. The number of nitrogens with one attached hydrogen (secondary N) is 1. The first-order valence-electron chi connectivity index (χ1n) is 13.2. The molecule has 1 saturated carbocycles. The SMILES string of the molecule is CCc1ccc2[nH]c(=O)c([C@@H](c3nnnn3C3CCCC3)N3CCN(c4ccccc4)CC3)cc2c1. The fourth-order valence-corrected chi connectivity index (χ4v) is 5.86. The monoisotopic (exact) mass is 483 g/mol. The lowest BCUT2D eigenvalue weighted by atomic mass is 10.0. The number of aromatic nitrogens is 5. The Morgan fingerprint density at radius 2 is 1.78 bits per heavy atom. The van der Waals surface area contributed by atoms with Gasteiger partial charge in [0.25, 0.3) is 5.56 Å². The summed E-state index contributed by atoms with van der Waals surface area (Å²) in [5.41, 5.74) is 4.01. The molecule has 0 unspecified atom stereocenters. The molecule has 0 bridgehead atoms. The van der Waals surface area contributed by atoms with Crippen LogP contribution in [0.3, 0.4) is 0 Å². The molecule has 186 valence electrons. The molecule has 8 nitrogen and oxygen atoms in total. The van der Waals surface area contributed by atoms with Crippen LogP contribution < -0.4 is 10.5 Å². The molecular formula is C28H33N7O. The molecule has 1 atom stereocenters. The number of piperazine rings is 1. The lowest BCUT2D eigenvalue weighted by Crippen LogP contribution is -2.49. The second-order valence-electron chi connectivity index (χ2n) is 10.0. The Bertz CT molecular complexity index is 1380. The molecule has 0 radical (unpaired) electrons. The van der Waals surface area contributed by atoms with Gasteiger partial charge in [0, 0.05) is 42.9 Å². The van der Waals surface area contributed by atoms with Crippen molar-refractivity contribution in [3.63, 3.8) is 0 Å². The number of pyridine rings is 1. The Morgan fingerprint density at radius 1 is 1.00 bits per heavy atom. The maximum Gasteiger partial charge on any atom is 0.253 e.